The van der Waals surface area contributed by atoms with Gasteiger partial charge < -0.3 is 5.32 Å². The molecule has 1 heterocycles. The van der Waals surface area contributed by atoms with E-state index in [-0.39, 0.29) is 41.4 Å². The molecule has 6 heteroatoms. The number of nitrogens with zero attached hydrogens (tertiary/aromatic N) is 1. The normalized spacial score (nSPS) is 32.8. The predicted octanol–water partition coefficient (Wildman–Crippen LogP) is 4.10. The van der Waals surface area contributed by atoms with Gasteiger partial charge >= 0.3 is 0 Å². The van der Waals surface area contributed by atoms with Crippen LogP contribution in [0.25, 0.3) is 0 Å². The van der Waals surface area contributed by atoms with Crippen LogP contribution in [0, 0.1) is 39.1 Å². The number of hydrogen-bond donors (Lipinski definition) is 1. The van der Waals surface area contributed by atoms with Crippen LogP contribution >= 0.6 is 22.6 Å². The molecule has 2 saturated carbocycles. The number of nitrogens with one attached hydrogen (secondary N) is 1. The average molecular weight is 510 g/mol. The van der Waals surface area contributed by atoms with Crippen molar-refractivity contribution in [1.29, 1.82) is 0 Å². The summed E-state index contributed by atoms with van der Waals surface area (Å²) in [4.78, 5) is 40.6. The Hall–Kier alpha value is -2.48. The van der Waals surface area contributed by atoms with Gasteiger partial charge in [-0.3, -0.25) is 14.4 Å². The van der Waals surface area contributed by atoms with E-state index in [0.29, 0.717) is 28.8 Å². The zero-order valence-electron chi connectivity index (χ0n) is 16.0. The topological polar surface area (TPSA) is 66.5 Å². The number of halogens is 1. The minimum absolute atomic E-state index is 0.107. The summed E-state index contributed by atoms with van der Waals surface area (Å²) in [7, 11) is 0. The number of allylic oxidation sites excluding steroid dienone is 2. The summed E-state index contributed by atoms with van der Waals surface area (Å²) < 4.78 is 1.08. The van der Waals surface area contributed by atoms with Crippen LogP contribution < -0.4 is 10.2 Å². The highest BCUT2D eigenvalue weighted by Gasteiger charge is 2.67. The highest BCUT2D eigenvalue weighted by molar-refractivity contribution is 14.1. The van der Waals surface area contributed by atoms with Crippen molar-refractivity contribution in [2.45, 2.75) is 6.42 Å². The maximum absolute atomic E-state index is 13.3. The number of amides is 3. The number of rotatable bonds is 3. The SMILES string of the molecule is O=C(Nc1ccc(I)cc1)c1cccc(N2C(=O)[C@@H]3[C@H]4C=C[C@@H]([C@@H]5C[C@H]45)[C@@H]3C2=O)c1. The molecular weight excluding hydrogens is 491 g/mol. The zero-order valence-corrected chi connectivity index (χ0v) is 18.2. The van der Waals surface area contributed by atoms with E-state index in [4.69, 9.17) is 0 Å². The van der Waals surface area contributed by atoms with E-state index in [1.807, 2.05) is 24.3 Å². The molecule has 2 aromatic rings. The highest BCUT2D eigenvalue weighted by atomic mass is 127. The van der Waals surface area contributed by atoms with Crippen LogP contribution in [0.3, 0.4) is 0 Å². The predicted molar refractivity (Wildman–Crippen MR) is 121 cm³/mol. The number of benzene rings is 2. The number of carbonyl (C=O) groups excluding carboxylic acids is 3. The lowest BCUT2D eigenvalue weighted by molar-refractivity contribution is -0.124. The fourth-order valence-corrected chi connectivity index (χ4v) is 6.09. The number of hydrogen-bond acceptors (Lipinski definition) is 3. The standard InChI is InChI=1S/C24H19IN2O3/c25-13-4-6-14(7-5-13)26-22(28)12-2-1-3-15(10-12)27-23(29)20-16-8-9-17(19-11-18(16)19)21(20)24(27)30/h1-10,16-21H,11H2,(H,26,28)/t16-,17-,18-,19+,20-,21+/m0/s1. The number of imide groups is 1. The first-order valence-electron chi connectivity index (χ1n) is 10.3. The number of anilines is 2. The van der Waals surface area contributed by atoms with Crippen molar-refractivity contribution in [3.8, 4) is 0 Å². The first kappa shape index (κ1) is 18.3. The Morgan fingerprint density at radius 3 is 2.20 bits per heavy atom. The Morgan fingerprint density at radius 2 is 1.57 bits per heavy atom. The lowest BCUT2D eigenvalue weighted by atomic mass is 9.63. The van der Waals surface area contributed by atoms with Crippen LogP contribution in [0.2, 0.25) is 0 Å². The first-order chi connectivity index (χ1) is 14.5. The fourth-order valence-electron chi connectivity index (χ4n) is 5.73. The summed E-state index contributed by atoms with van der Waals surface area (Å²) in [6, 6.07) is 14.3. The van der Waals surface area contributed by atoms with Crippen molar-refractivity contribution in [1.82, 2.24) is 0 Å². The van der Waals surface area contributed by atoms with Crippen molar-refractivity contribution >= 4 is 51.7 Å². The summed E-state index contributed by atoms with van der Waals surface area (Å²) in [5.74, 6) is 0.582. The molecule has 3 amide bonds. The molecule has 2 bridgehead atoms. The highest BCUT2D eigenvalue weighted by Crippen LogP contribution is 2.65. The van der Waals surface area contributed by atoms with Gasteiger partial charge in [0.25, 0.3) is 5.91 Å². The molecule has 1 saturated heterocycles. The fraction of sp³-hybridized carbons (Fsp3) is 0.292. The zero-order chi connectivity index (χ0) is 20.6. The maximum atomic E-state index is 13.3. The van der Waals surface area contributed by atoms with Gasteiger partial charge in [-0.15, -0.1) is 0 Å². The van der Waals surface area contributed by atoms with Gasteiger partial charge in [-0.2, -0.15) is 0 Å². The smallest absolute Gasteiger partial charge is 0.255 e. The van der Waals surface area contributed by atoms with Crippen molar-refractivity contribution < 1.29 is 14.4 Å². The Kier molecular flexibility index (Phi) is 3.97. The molecule has 1 N–H and O–H groups in total. The average Bonchev–Trinajstić information content (AvgIpc) is 3.53. The number of carbonyl (C=O) groups is 3. The molecule has 0 radical (unpaired) electrons. The summed E-state index contributed by atoms with van der Waals surface area (Å²) in [6.45, 7) is 0. The summed E-state index contributed by atoms with van der Waals surface area (Å²) in [6.07, 6.45) is 5.48. The minimum Gasteiger partial charge on any atom is -0.322 e. The molecule has 0 spiro atoms. The van der Waals surface area contributed by atoms with Crippen LogP contribution in [-0.2, 0) is 9.59 Å². The van der Waals surface area contributed by atoms with E-state index in [1.165, 1.54) is 4.90 Å². The van der Waals surface area contributed by atoms with E-state index < -0.39 is 0 Å². The molecule has 6 atom stereocenters. The Morgan fingerprint density at radius 1 is 0.933 bits per heavy atom. The lowest BCUT2D eigenvalue weighted by Crippen LogP contribution is -2.40. The molecule has 5 aliphatic rings. The third-order valence-electron chi connectivity index (χ3n) is 7.13. The minimum atomic E-state index is -0.266. The van der Waals surface area contributed by atoms with Crippen LogP contribution in [-0.4, -0.2) is 17.7 Å². The molecule has 150 valence electrons. The van der Waals surface area contributed by atoms with Gasteiger partial charge in [0, 0.05) is 14.8 Å². The molecular formula is C24H19IN2O3. The summed E-state index contributed by atoms with van der Waals surface area (Å²) >= 11 is 2.21. The van der Waals surface area contributed by atoms with Gasteiger partial charge in [-0.25, -0.2) is 4.90 Å². The van der Waals surface area contributed by atoms with E-state index in [0.717, 1.165) is 9.99 Å². The molecule has 2 aromatic carbocycles. The quantitative estimate of drug-likeness (QED) is 0.384. The first-order valence-corrected chi connectivity index (χ1v) is 11.3. The lowest BCUT2D eigenvalue weighted by Gasteiger charge is -2.37. The van der Waals surface area contributed by atoms with Gasteiger partial charge in [0.1, 0.15) is 0 Å². The maximum Gasteiger partial charge on any atom is 0.255 e. The van der Waals surface area contributed by atoms with E-state index in [1.54, 1.807) is 24.3 Å². The second kappa shape index (κ2) is 6.51. The molecule has 7 rings (SSSR count). The van der Waals surface area contributed by atoms with Crippen LogP contribution in [0.1, 0.15) is 16.8 Å². The molecule has 0 unspecified atom stereocenters. The molecule has 30 heavy (non-hydrogen) atoms. The van der Waals surface area contributed by atoms with Crippen molar-refractivity contribution in [2.24, 2.45) is 35.5 Å². The molecule has 5 nitrogen and oxygen atoms in total. The van der Waals surface area contributed by atoms with Crippen molar-refractivity contribution in [3.63, 3.8) is 0 Å². The molecule has 4 aliphatic carbocycles. The van der Waals surface area contributed by atoms with Crippen LogP contribution in [0.15, 0.2) is 60.7 Å². The largest absolute Gasteiger partial charge is 0.322 e. The van der Waals surface area contributed by atoms with E-state index in [2.05, 4.69) is 40.1 Å². The molecule has 3 fully saturated rings. The second-order valence-electron chi connectivity index (χ2n) is 8.68. The van der Waals surface area contributed by atoms with Gasteiger partial charge in [0.15, 0.2) is 0 Å². The summed E-state index contributed by atoms with van der Waals surface area (Å²) in [5.41, 5.74) is 1.61. The molecule has 1 aliphatic heterocycles. The van der Waals surface area contributed by atoms with Gasteiger partial charge in [0.05, 0.1) is 17.5 Å². The monoisotopic (exact) mass is 510 g/mol. The van der Waals surface area contributed by atoms with E-state index >= 15 is 0 Å². The second-order valence-corrected chi connectivity index (χ2v) is 9.92. The van der Waals surface area contributed by atoms with E-state index in [9.17, 15) is 14.4 Å². The Bertz CT molecular complexity index is 1090. The molecule has 0 aromatic heterocycles. The van der Waals surface area contributed by atoms with Gasteiger partial charge in [0.2, 0.25) is 11.8 Å². The van der Waals surface area contributed by atoms with Gasteiger partial charge in [-0.1, -0.05) is 18.2 Å². The Balaban J connectivity index is 1.28. The van der Waals surface area contributed by atoms with Crippen molar-refractivity contribution in [2.75, 3.05) is 10.2 Å². The Labute approximate surface area is 187 Å². The summed E-state index contributed by atoms with van der Waals surface area (Å²) in [5, 5.41) is 2.87. The van der Waals surface area contributed by atoms with Crippen LogP contribution in [0.4, 0.5) is 11.4 Å². The van der Waals surface area contributed by atoms with Gasteiger partial charge in [-0.05, 0) is 95.1 Å². The van der Waals surface area contributed by atoms with Crippen LogP contribution in [0.5, 0.6) is 0 Å². The third-order valence-corrected chi connectivity index (χ3v) is 7.85. The van der Waals surface area contributed by atoms with Crippen molar-refractivity contribution in [3.05, 3.63) is 69.8 Å². The third kappa shape index (κ3) is 2.62.